The zero-order chi connectivity index (χ0) is 21.9. The molecule has 154 valence electrons. The van der Waals surface area contributed by atoms with Crippen LogP contribution >= 0.6 is 11.6 Å². The molecule has 0 N–H and O–H groups in total. The highest BCUT2D eigenvalue weighted by Crippen LogP contribution is 2.41. The second kappa shape index (κ2) is 7.06. The number of aryl methyl sites for hydroxylation is 3. The van der Waals surface area contributed by atoms with Gasteiger partial charge in [-0.05, 0) is 79.4 Å². The smallest absolute Gasteiger partial charge is 0.296 e. The summed E-state index contributed by atoms with van der Waals surface area (Å²) < 4.78 is 6.05. The van der Waals surface area contributed by atoms with Gasteiger partial charge in [-0.2, -0.15) is 0 Å². The minimum absolute atomic E-state index is 0.0593. The van der Waals surface area contributed by atoms with E-state index in [1.807, 2.05) is 57.2 Å². The van der Waals surface area contributed by atoms with Gasteiger partial charge in [-0.25, -0.2) is 4.98 Å². The fourth-order valence-electron chi connectivity index (χ4n) is 4.08. The van der Waals surface area contributed by atoms with Crippen molar-refractivity contribution in [2.75, 3.05) is 4.90 Å². The van der Waals surface area contributed by atoms with Crippen molar-refractivity contribution in [2.45, 2.75) is 26.8 Å². The standard InChI is InChI=1S/C25H19ClN2O3/c1-13-8-9-27-20(10-13)28-22(16-4-6-17(26)7-5-16)21-23(29)18-11-14(2)15(3)12-19(18)31-24(21)25(28)30/h4-12,22H,1-3H3. The van der Waals surface area contributed by atoms with Crippen LogP contribution in [0.15, 0.2) is 63.9 Å². The number of aromatic nitrogens is 1. The Morgan fingerprint density at radius 2 is 1.68 bits per heavy atom. The second-order valence-electron chi connectivity index (χ2n) is 7.93. The average molecular weight is 431 g/mol. The molecule has 1 unspecified atom stereocenters. The summed E-state index contributed by atoms with van der Waals surface area (Å²) in [7, 11) is 0. The molecule has 0 bridgehead atoms. The van der Waals surface area contributed by atoms with Crippen molar-refractivity contribution in [3.63, 3.8) is 0 Å². The summed E-state index contributed by atoms with van der Waals surface area (Å²) in [5.41, 5.74) is 4.23. The summed E-state index contributed by atoms with van der Waals surface area (Å²) in [5, 5.41) is 1.04. The molecule has 31 heavy (non-hydrogen) atoms. The van der Waals surface area contributed by atoms with E-state index in [-0.39, 0.29) is 17.1 Å². The fraction of sp³-hybridized carbons (Fsp3) is 0.160. The summed E-state index contributed by atoms with van der Waals surface area (Å²) in [4.78, 5) is 33.1. The monoisotopic (exact) mass is 430 g/mol. The van der Waals surface area contributed by atoms with E-state index in [1.54, 1.807) is 18.3 Å². The van der Waals surface area contributed by atoms with Crippen molar-refractivity contribution in [3.8, 4) is 0 Å². The first-order valence-corrected chi connectivity index (χ1v) is 10.3. The second-order valence-corrected chi connectivity index (χ2v) is 8.36. The van der Waals surface area contributed by atoms with Gasteiger partial charge in [-0.1, -0.05) is 23.7 Å². The third-order valence-electron chi connectivity index (χ3n) is 5.82. The van der Waals surface area contributed by atoms with Crippen molar-refractivity contribution in [3.05, 3.63) is 104 Å². The number of pyridine rings is 1. The minimum Gasteiger partial charge on any atom is -0.450 e. The Balaban J connectivity index is 1.83. The fourth-order valence-corrected chi connectivity index (χ4v) is 4.20. The zero-order valence-corrected chi connectivity index (χ0v) is 18.0. The first-order valence-electron chi connectivity index (χ1n) is 9.95. The number of anilines is 1. The Kier molecular flexibility index (Phi) is 4.45. The van der Waals surface area contributed by atoms with Crippen LogP contribution in [0.4, 0.5) is 5.82 Å². The van der Waals surface area contributed by atoms with Crippen LogP contribution in [-0.4, -0.2) is 10.9 Å². The van der Waals surface area contributed by atoms with Crippen LogP contribution in [0.25, 0.3) is 11.0 Å². The van der Waals surface area contributed by atoms with E-state index in [0.29, 0.717) is 27.4 Å². The predicted molar refractivity (Wildman–Crippen MR) is 121 cm³/mol. The van der Waals surface area contributed by atoms with Crippen molar-refractivity contribution in [2.24, 2.45) is 0 Å². The molecule has 1 atom stereocenters. The summed E-state index contributed by atoms with van der Waals surface area (Å²) in [5.74, 6) is 0.140. The Hall–Kier alpha value is -3.44. The van der Waals surface area contributed by atoms with Crippen LogP contribution in [0.1, 0.15) is 44.4 Å². The van der Waals surface area contributed by atoms with Gasteiger partial charge in [-0.3, -0.25) is 14.5 Å². The molecule has 1 aliphatic heterocycles. The Morgan fingerprint density at radius 1 is 0.968 bits per heavy atom. The van der Waals surface area contributed by atoms with Crippen molar-refractivity contribution in [1.29, 1.82) is 0 Å². The number of hydrogen-bond donors (Lipinski definition) is 0. The lowest BCUT2D eigenvalue weighted by Gasteiger charge is -2.24. The zero-order valence-electron chi connectivity index (χ0n) is 17.3. The van der Waals surface area contributed by atoms with Crippen molar-refractivity contribution >= 4 is 34.3 Å². The molecule has 0 fully saturated rings. The van der Waals surface area contributed by atoms with Crippen LogP contribution in [-0.2, 0) is 0 Å². The first kappa shape index (κ1) is 19.5. The molecule has 3 heterocycles. The van der Waals surface area contributed by atoms with Crippen molar-refractivity contribution in [1.82, 2.24) is 4.98 Å². The minimum atomic E-state index is -0.656. The third kappa shape index (κ3) is 3.04. The van der Waals surface area contributed by atoms with E-state index in [4.69, 9.17) is 16.0 Å². The largest absolute Gasteiger partial charge is 0.450 e. The lowest BCUT2D eigenvalue weighted by atomic mass is 9.97. The quantitative estimate of drug-likeness (QED) is 0.420. The van der Waals surface area contributed by atoms with Crippen molar-refractivity contribution < 1.29 is 9.21 Å². The van der Waals surface area contributed by atoms with Gasteiger partial charge in [0.15, 0.2) is 5.43 Å². The highest BCUT2D eigenvalue weighted by Gasteiger charge is 2.44. The molecule has 1 amide bonds. The number of halogens is 1. The summed E-state index contributed by atoms with van der Waals surface area (Å²) in [6.45, 7) is 5.83. The van der Waals surface area contributed by atoms with E-state index in [1.165, 1.54) is 4.90 Å². The lowest BCUT2D eigenvalue weighted by molar-refractivity contribution is 0.0970. The van der Waals surface area contributed by atoms with Crippen LogP contribution in [0.3, 0.4) is 0 Å². The summed E-state index contributed by atoms with van der Waals surface area (Å²) >= 11 is 6.09. The molecule has 2 aromatic carbocycles. The van der Waals surface area contributed by atoms with Gasteiger partial charge in [-0.15, -0.1) is 0 Å². The van der Waals surface area contributed by atoms with Gasteiger partial charge < -0.3 is 4.42 Å². The van der Waals surface area contributed by atoms with E-state index in [9.17, 15) is 9.59 Å². The van der Waals surface area contributed by atoms with E-state index in [2.05, 4.69) is 4.98 Å². The highest BCUT2D eigenvalue weighted by atomic mass is 35.5. The number of amides is 1. The molecular weight excluding hydrogens is 412 g/mol. The summed E-state index contributed by atoms with van der Waals surface area (Å²) in [6, 6.07) is 13.8. The van der Waals surface area contributed by atoms with Crippen LogP contribution in [0.2, 0.25) is 5.02 Å². The summed E-state index contributed by atoms with van der Waals surface area (Å²) in [6.07, 6.45) is 1.65. The molecule has 2 aromatic heterocycles. The maximum absolute atomic E-state index is 13.6. The molecule has 0 aliphatic carbocycles. The predicted octanol–water partition coefficient (Wildman–Crippen LogP) is 5.52. The molecule has 0 saturated carbocycles. The van der Waals surface area contributed by atoms with Crippen LogP contribution in [0, 0.1) is 20.8 Å². The number of fused-ring (bicyclic) bond motifs is 2. The van der Waals surface area contributed by atoms with Gasteiger partial charge in [0.25, 0.3) is 5.91 Å². The Bertz CT molecular complexity index is 1420. The SMILES string of the molecule is Cc1ccnc(N2C(=O)c3oc4cc(C)c(C)cc4c(=O)c3C2c2ccc(Cl)cc2)c1. The van der Waals surface area contributed by atoms with E-state index >= 15 is 0 Å². The number of benzene rings is 2. The van der Waals surface area contributed by atoms with Crippen LogP contribution in [0.5, 0.6) is 0 Å². The van der Waals surface area contributed by atoms with Gasteiger partial charge in [0, 0.05) is 11.2 Å². The maximum Gasteiger partial charge on any atom is 0.296 e. The molecule has 5 rings (SSSR count). The lowest BCUT2D eigenvalue weighted by Crippen LogP contribution is -2.30. The van der Waals surface area contributed by atoms with Gasteiger partial charge in [0.2, 0.25) is 5.76 Å². The third-order valence-corrected chi connectivity index (χ3v) is 6.07. The number of carbonyl (C=O) groups excluding carboxylic acids is 1. The molecule has 0 saturated heterocycles. The topological polar surface area (TPSA) is 63.4 Å². The van der Waals surface area contributed by atoms with Crippen LogP contribution < -0.4 is 10.3 Å². The molecule has 0 spiro atoms. The van der Waals surface area contributed by atoms with Gasteiger partial charge in [0.1, 0.15) is 11.4 Å². The Morgan fingerprint density at radius 3 is 2.39 bits per heavy atom. The highest BCUT2D eigenvalue weighted by molar-refractivity contribution is 6.30. The number of rotatable bonds is 2. The molecule has 1 aliphatic rings. The molecule has 0 radical (unpaired) electrons. The van der Waals surface area contributed by atoms with Gasteiger partial charge >= 0.3 is 0 Å². The Labute approximate surface area is 183 Å². The normalized spacial score (nSPS) is 15.5. The molecular formula is C25H19ClN2O3. The number of nitrogens with zero attached hydrogens (tertiary/aromatic N) is 2. The molecule has 5 nitrogen and oxygen atoms in total. The number of hydrogen-bond acceptors (Lipinski definition) is 4. The van der Waals surface area contributed by atoms with E-state index < -0.39 is 6.04 Å². The van der Waals surface area contributed by atoms with Gasteiger partial charge in [0.05, 0.1) is 17.0 Å². The molecule has 6 heteroatoms. The molecule has 4 aromatic rings. The van der Waals surface area contributed by atoms with E-state index in [0.717, 1.165) is 22.3 Å². The maximum atomic E-state index is 13.6. The average Bonchev–Trinajstić information content (AvgIpc) is 3.03. The number of carbonyl (C=O) groups is 1. The first-order chi connectivity index (χ1) is 14.8.